The number of aromatic nitrogens is 1. The number of hydrogen-bond acceptors (Lipinski definition) is 7. The van der Waals surface area contributed by atoms with E-state index in [0.29, 0.717) is 22.8 Å². The van der Waals surface area contributed by atoms with E-state index in [2.05, 4.69) is 5.16 Å². The van der Waals surface area contributed by atoms with Crippen molar-refractivity contribution in [3.05, 3.63) is 41.3 Å². The van der Waals surface area contributed by atoms with Gasteiger partial charge in [-0.3, -0.25) is 15.0 Å². The lowest BCUT2D eigenvalue weighted by Gasteiger charge is -2.05. The molecule has 3 rings (SSSR count). The topological polar surface area (TPSA) is 117 Å². The number of carbonyl (C=O) groups excluding carboxylic acids is 2. The van der Waals surface area contributed by atoms with Crippen molar-refractivity contribution in [3.63, 3.8) is 0 Å². The van der Waals surface area contributed by atoms with Gasteiger partial charge < -0.3 is 14.0 Å². The normalized spacial score (nSPS) is 12.7. The molecule has 0 aliphatic carbocycles. The summed E-state index contributed by atoms with van der Waals surface area (Å²) in [5, 5.41) is 3.55. The third kappa shape index (κ3) is 2.56. The smallest absolute Gasteiger partial charge is 0.287 e. The van der Waals surface area contributed by atoms with Crippen molar-refractivity contribution >= 4 is 11.7 Å². The average molecular weight is 289 g/mol. The van der Waals surface area contributed by atoms with Crippen molar-refractivity contribution in [1.29, 1.82) is 0 Å². The molecule has 0 spiro atoms. The van der Waals surface area contributed by atoms with Crippen molar-refractivity contribution in [2.24, 2.45) is 5.84 Å². The van der Waals surface area contributed by atoms with Crippen molar-refractivity contribution < 1.29 is 23.6 Å². The first-order chi connectivity index (χ1) is 10.2. The highest BCUT2D eigenvalue weighted by Gasteiger charge is 2.21. The number of ether oxygens (including phenoxy) is 2. The van der Waals surface area contributed by atoms with Crippen LogP contribution in [0.3, 0.4) is 0 Å². The Morgan fingerprint density at radius 3 is 3.10 bits per heavy atom. The number of nitrogens with zero attached hydrogens (tertiary/aromatic N) is 1. The van der Waals surface area contributed by atoms with E-state index < -0.39 is 5.91 Å². The molecule has 0 atom stereocenters. The Bertz CT molecular complexity index is 710. The van der Waals surface area contributed by atoms with Crippen LogP contribution >= 0.6 is 0 Å². The quantitative estimate of drug-likeness (QED) is 0.476. The summed E-state index contributed by atoms with van der Waals surface area (Å²) in [6.45, 7) is 0.135. The Morgan fingerprint density at radius 2 is 2.29 bits per heavy atom. The van der Waals surface area contributed by atoms with Gasteiger partial charge in [-0.2, -0.15) is 0 Å². The van der Waals surface area contributed by atoms with Crippen LogP contribution < -0.4 is 20.7 Å². The summed E-state index contributed by atoms with van der Waals surface area (Å²) in [4.78, 5) is 22.6. The largest absolute Gasteiger partial charge is 0.485 e. The second-order valence-corrected chi connectivity index (χ2v) is 4.31. The number of nitrogens with one attached hydrogen (secondary N) is 1. The maximum atomic E-state index is 11.4. The molecule has 0 radical (unpaired) electrons. The molecule has 0 fully saturated rings. The van der Waals surface area contributed by atoms with Crippen LogP contribution in [0, 0.1) is 0 Å². The third-order valence-corrected chi connectivity index (χ3v) is 2.92. The number of rotatable bonds is 4. The Balaban J connectivity index is 1.67. The fraction of sp³-hybridized carbons (Fsp3) is 0.154. The van der Waals surface area contributed by atoms with Gasteiger partial charge in [-0.25, -0.2) is 5.84 Å². The molecule has 108 valence electrons. The summed E-state index contributed by atoms with van der Waals surface area (Å²) < 4.78 is 15.7. The first-order valence-corrected chi connectivity index (χ1v) is 6.07. The van der Waals surface area contributed by atoms with Gasteiger partial charge in [0.2, 0.25) is 5.78 Å². The SMILES string of the molecule is NNC(=O)c1cc(COc2ccc3c(c2)OCC3=O)on1. The predicted octanol–water partition coefficient (Wildman–Crippen LogP) is 0.432. The second kappa shape index (κ2) is 5.25. The number of nitrogens with two attached hydrogens (primary N) is 1. The number of Topliss-reactive ketones (excluding diaryl/α,β-unsaturated/α-hetero) is 1. The zero-order chi connectivity index (χ0) is 14.8. The summed E-state index contributed by atoms with van der Waals surface area (Å²) in [7, 11) is 0. The van der Waals surface area contributed by atoms with Crippen LogP contribution in [0.2, 0.25) is 0 Å². The molecule has 3 N–H and O–H groups in total. The molecular formula is C13H11N3O5. The first-order valence-electron chi connectivity index (χ1n) is 6.07. The van der Waals surface area contributed by atoms with Crippen LogP contribution in [-0.2, 0) is 6.61 Å². The maximum absolute atomic E-state index is 11.4. The highest BCUT2D eigenvalue weighted by atomic mass is 16.5. The van der Waals surface area contributed by atoms with Crippen molar-refractivity contribution in [3.8, 4) is 11.5 Å². The molecule has 21 heavy (non-hydrogen) atoms. The van der Waals surface area contributed by atoms with Gasteiger partial charge in [-0.05, 0) is 12.1 Å². The average Bonchev–Trinajstić information content (AvgIpc) is 3.12. The third-order valence-electron chi connectivity index (χ3n) is 2.92. The van der Waals surface area contributed by atoms with Gasteiger partial charge in [0.05, 0.1) is 5.56 Å². The van der Waals surface area contributed by atoms with E-state index in [9.17, 15) is 9.59 Å². The van der Waals surface area contributed by atoms with E-state index in [4.69, 9.17) is 19.8 Å². The fourth-order valence-corrected chi connectivity index (χ4v) is 1.88. The Kier molecular flexibility index (Phi) is 3.28. The molecule has 1 aromatic heterocycles. The van der Waals surface area contributed by atoms with Gasteiger partial charge in [0, 0.05) is 12.1 Å². The van der Waals surface area contributed by atoms with E-state index in [-0.39, 0.29) is 24.7 Å². The first kappa shape index (κ1) is 13.1. The number of benzene rings is 1. The summed E-state index contributed by atoms with van der Waals surface area (Å²) in [6, 6.07) is 6.36. The minimum atomic E-state index is -0.547. The number of hydrazine groups is 1. The minimum Gasteiger partial charge on any atom is -0.485 e. The van der Waals surface area contributed by atoms with Gasteiger partial charge >= 0.3 is 0 Å². The molecule has 0 unspecified atom stereocenters. The molecule has 0 bridgehead atoms. The Labute approximate surface area is 118 Å². The molecule has 1 amide bonds. The summed E-state index contributed by atoms with van der Waals surface area (Å²) >= 11 is 0. The van der Waals surface area contributed by atoms with Gasteiger partial charge in [-0.15, -0.1) is 0 Å². The lowest BCUT2D eigenvalue weighted by Crippen LogP contribution is -2.30. The van der Waals surface area contributed by atoms with E-state index in [1.807, 2.05) is 5.43 Å². The maximum Gasteiger partial charge on any atom is 0.287 e. The summed E-state index contributed by atoms with van der Waals surface area (Å²) in [6.07, 6.45) is 0. The highest BCUT2D eigenvalue weighted by molar-refractivity contribution is 6.02. The van der Waals surface area contributed by atoms with E-state index in [1.54, 1.807) is 18.2 Å². The van der Waals surface area contributed by atoms with Crippen LogP contribution in [0.25, 0.3) is 0 Å². The number of hydrogen-bond donors (Lipinski definition) is 2. The Morgan fingerprint density at radius 1 is 1.43 bits per heavy atom. The number of carbonyl (C=O) groups is 2. The fourth-order valence-electron chi connectivity index (χ4n) is 1.88. The zero-order valence-corrected chi connectivity index (χ0v) is 10.8. The molecular weight excluding hydrogens is 278 g/mol. The van der Waals surface area contributed by atoms with Crippen LogP contribution in [0.1, 0.15) is 26.6 Å². The van der Waals surface area contributed by atoms with Gasteiger partial charge in [0.15, 0.2) is 18.1 Å². The minimum absolute atomic E-state index is 0.0516. The number of ketones is 1. The lowest BCUT2D eigenvalue weighted by molar-refractivity contribution is 0.0941. The number of nitrogen functional groups attached to an aromatic ring is 1. The van der Waals surface area contributed by atoms with Crippen molar-refractivity contribution in [1.82, 2.24) is 10.6 Å². The van der Waals surface area contributed by atoms with Crippen LogP contribution in [-0.4, -0.2) is 23.5 Å². The molecule has 8 nitrogen and oxygen atoms in total. The molecule has 2 heterocycles. The van der Waals surface area contributed by atoms with Crippen LogP contribution in [0.15, 0.2) is 28.8 Å². The van der Waals surface area contributed by atoms with Gasteiger partial charge in [0.25, 0.3) is 5.91 Å². The lowest BCUT2D eigenvalue weighted by atomic mass is 10.1. The van der Waals surface area contributed by atoms with Crippen LogP contribution in [0.5, 0.6) is 11.5 Å². The van der Waals surface area contributed by atoms with Gasteiger partial charge in [0.1, 0.15) is 18.1 Å². The molecule has 1 aliphatic heterocycles. The zero-order valence-electron chi connectivity index (χ0n) is 10.8. The summed E-state index contributed by atoms with van der Waals surface area (Å²) in [5.74, 6) is 5.77. The molecule has 1 aromatic carbocycles. The van der Waals surface area contributed by atoms with E-state index >= 15 is 0 Å². The van der Waals surface area contributed by atoms with Crippen molar-refractivity contribution in [2.45, 2.75) is 6.61 Å². The summed E-state index contributed by atoms with van der Waals surface area (Å²) in [5.41, 5.74) is 2.56. The van der Waals surface area contributed by atoms with E-state index in [1.165, 1.54) is 6.07 Å². The molecule has 2 aromatic rings. The predicted molar refractivity (Wildman–Crippen MR) is 68.8 cm³/mol. The van der Waals surface area contributed by atoms with E-state index in [0.717, 1.165) is 0 Å². The number of amides is 1. The van der Waals surface area contributed by atoms with Gasteiger partial charge in [-0.1, -0.05) is 5.16 Å². The standard InChI is InChI=1S/C13H11N3O5/c14-15-13(18)10-3-8(21-16-10)5-19-7-1-2-9-11(17)6-20-12(9)4-7/h1-4H,5-6,14H2,(H,15,18). The van der Waals surface area contributed by atoms with Crippen molar-refractivity contribution in [2.75, 3.05) is 6.61 Å². The molecule has 0 saturated heterocycles. The van der Waals surface area contributed by atoms with Crippen LogP contribution in [0.4, 0.5) is 0 Å². The molecule has 8 heteroatoms. The number of fused-ring (bicyclic) bond motifs is 1. The molecule has 0 saturated carbocycles. The molecule has 1 aliphatic rings. The monoisotopic (exact) mass is 289 g/mol. The second-order valence-electron chi connectivity index (χ2n) is 4.31. The Hall–Kier alpha value is -2.87. The highest BCUT2D eigenvalue weighted by Crippen LogP contribution is 2.29.